The Hall–Kier alpha value is -5.53. The summed E-state index contributed by atoms with van der Waals surface area (Å²) in [5.41, 5.74) is 1.41. The Morgan fingerprint density at radius 3 is 2.71 bits per heavy atom. The number of H-pyrrole nitrogens is 1. The molecule has 0 saturated heterocycles. The number of fused-ring (bicyclic) bond motifs is 1. The number of hydrogen-bond acceptors (Lipinski definition) is 11. The summed E-state index contributed by atoms with van der Waals surface area (Å²) in [6.07, 6.45) is 2.47. The van der Waals surface area contributed by atoms with Crippen molar-refractivity contribution in [3.05, 3.63) is 98.2 Å². The van der Waals surface area contributed by atoms with Crippen LogP contribution >= 0.6 is 0 Å². The lowest BCUT2D eigenvalue weighted by molar-refractivity contribution is -0.385. The van der Waals surface area contributed by atoms with Crippen LogP contribution in [-0.2, 0) is 6.42 Å². The largest absolute Gasteiger partial charge is 0.493 e. The molecule has 5 aromatic rings. The van der Waals surface area contributed by atoms with Crippen molar-refractivity contribution >= 4 is 5.69 Å². The molecular formula is C28H25N7O7. The van der Waals surface area contributed by atoms with Crippen LogP contribution < -0.4 is 19.9 Å². The van der Waals surface area contributed by atoms with Gasteiger partial charge in [0.1, 0.15) is 5.82 Å². The second kappa shape index (κ2) is 11.2. The van der Waals surface area contributed by atoms with Crippen molar-refractivity contribution in [3.63, 3.8) is 0 Å². The van der Waals surface area contributed by atoms with E-state index in [1.54, 1.807) is 6.92 Å². The fraction of sp³-hybridized carbons (Fsp3) is 0.250. The number of hydrogen-bond donors (Lipinski definition) is 1. The summed E-state index contributed by atoms with van der Waals surface area (Å²) >= 11 is 0. The van der Waals surface area contributed by atoms with Gasteiger partial charge < -0.3 is 18.7 Å². The first kappa shape index (κ1) is 26.7. The first-order valence-corrected chi connectivity index (χ1v) is 13.1. The number of aryl methyl sites for hydroxylation is 1. The van der Waals surface area contributed by atoms with Crippen molar-refractivity contribution in [3.8, 4) is 34.5 Å². The molecule has 2 aromatic carbocycles. The van der Waals surface area contributed by atoms with Crippen molar-refractivity contribution in [1.29, 1.82) is 0 Å². The molecule has 1 unspecified atom stereocenters. The minimum Gasteiger partial charge on any atom is -0.493 e. The Bertz CT molecular complexity index is 1810. The molecule has 42 heavy (non-hydrogen) atoms. The number of ether oxygens (including phenoxy) is 3. The van der Waals surface area contributed by atoms with Gasteiger partial charge in [-0.25, -0.2) is 9.78 Å². The van der Waals surface area contributed by atoms with Gasteiger partial charge in [-0.3, -0.25) is 15.1 Å². The Labute approximate surface area is 238 Å². The topological polar surface area (TPSA) is 173 Å². The van der Waals surface area contributed by atoms with Crippen LogP contribution in [0.5, 0.6) is 17.2 Å². The number of nitrogens with zero attached hydrogens (tertiary/aromatic N) is 6. The monoisotopic (exact) mass is 571 g/mol. The molecular weight excluding hydrogens is 546 g/mol. The van der Waals surface area contributed by atoms with E-state index in [2.05, 4.69) is 25.2 Å². The molecule has 0 aliphatic carbocycles. The third kappa shape index (κ3) is 5.16. The van der Waals surface area contributed by atoms with Crippen molar-refractivity contribution < 1.29 is 23.7 Å². The van der Waals surface area contributed by atoms with Crippen molar-refractivity contribution in [2.24, 2.45) is 0 Å². The maximum absolute atomic E-state index is 13.1. The Kier molecular flexibility index (Phi) is 7.09. The summed E-state index contributed by atoms with van der Waals surface area (Å²) < 4.78 is 23.5. The second-order valence-electron chi connectivity index (χ2n) is 9.52. The highest BCUT2D eigenvalue weighted by molar-refractivity contribution is 5.57. The molecule has 6 rings (SSSR count). The van der Waals surface area contributed by atoms with Crippen LogP contribution in [-0.4, -0.2) is 55.1 Å². The quantitative estimate of drug-likeness (QED) is 0.212. The van der Waals surface area contributed by atoms with E-state index in [1.165, 1.54) is 25.4 Å². The van der Waals surface area contributed by atoms with Gasteiger partial charge in [0.15, 0.2) is 11.5 Å². The van der Waals surface area contributed by atoms with E-state index >= 15 is 0 Å². The zero-order valence-corrected chi connectivity index (χ0v) is 22.6. The third-order valence-corrected chi connectivity index (χ3v) is 6.77. The lowest BCUT2D eigenvalue weighted by Crippen LogP contribution is -2.18. The van der Waals surface area contributed by atoms with E-state index in [0.29, 0.717) is 55.0 Å². The maximum Gasteiger partial charge on any atom is 0.349 e. The van der Waals surface area contributed by atoms with Crippen molar-refractivity contribution in [2.75, 3.05) is 20.3 Å². The van der Waals surface area contributed by atoms with Crippen LogP contribution in [0.4, 0.5) is 5.69 Å². The molecule has 14 nitrogen and oxygen atoms in total. The summed E-state index contributed by atoms with van der Waals surface area (Å²) in [4.78, 5) is 35.2. The molecule has 0 bridgehead atoms. The molecule has 0 saturated carbocycles. The van der Waals surface area contributed by atoms with E-state index in [1.807, 2.05) is 36.4 Å². The predicted octanol–water partition coefficient (Wildman–Crippen LogP) is 3.77. The molecule has 0 radical (unpaired) electrons. The van der Waals surface area contributed by atoms with Gasteiger partial charge in [-0.05, 0) is 35.7 Å². The van der Waals surface area contributed by atoms with E-state index in [0.717, 1.165) is 21.4 Å². The van der Waals surface area contributed by atoms with Gasteiger partial charge >= 0.3 is 11.4 Å². The van der Waals surface area contributed by atoms with Gasteiger partial charge in [-0.2, -0.15) is 9.67 Å². The third-order valence-electron chi connectivity index (χ3n) is 6.77. The molecule has 14 heteroatoms. The molecule has 214 valence electrons. The van der Waals surface area contributed by atoms with E-state index < -0.39 is 16.5 Å². The van der Waals surface area contributed by atoms with Crippen LogP contribution in [0.25, 0.3) is 17.2 Å². The molecule has 1 aliphatic rings. The molecule has 4 heterocycles. The van der Waals surface area contributed by atoms with Gasteiger partial charge in [0, 0.05) is 37.1 Å². The van der Waals surface area contributed by atoms with Gasteiger partial charge in [0.25, 0.3) is 0 Å². The molecule has 1 N–H and O–H groups in total. The standard InChI is InChI=1S/C28H25N7O7/c1-16-30-25(33-42-16)18-8-6-17(7-9-18)13-20(19-14-22(39-2)24-23(15-19)40-11-4-12-41-24)26-31-28(36)34(32-26)27-21(35(37)38)5-3-10-29-27/h3,5-10,14-15,20H,4,11-13H2,1-2H3,(H,31,32,36). The molecule has 0 fully saturated rings. The van der Waals surface area contributed by atoms with Gasteiger partial charge in [0.2, 0.25) is 23.3 Å². The Morgan fingerprint density at radius 2 is 1.98 bits per heavy atom. The highest BCUT2D eigenvalue weighted by atomic mass is 16.6. The highest BCUT2D eigenvalue weighted by Crippen LogP contribution is 2.43. The Morgan fingerprint density at radius 1 is 1.17 bits per heavy atom. The van der Waals surface area contributed by atoms with Crippen LogP contribution in [0.15, 0.2) is 64.0 Å². The average molecular weight is 572 g/mol. The summed E-state index contributed by atoms with van der Waals surface area (Å²) in [5, 5.41) is 20.1. The lowest BCUT2D eigenvalue weighted by atomic mass is 9.90. The molecule has 0 amide bonds. The molecule has 0 spiro atoms. The number of methoxy groups -OCH3 is 1. The summed E-state index contributed by atoms with van der Waals surface area (Å²) in [5.74, 6) is 1.98. The highest BCUT2D eigenvalue weighted by Gasteiger charge is 2.27. The van der Waals surface area contributed by atoms with E-state index in [-0.39, 0.29) is 17.3 Å². The summed E-state index contributed by atoms with van der Waals surface area (Å²) in [7, 11) is 1.54. The number of pyridine rings is 1. The first-order chi connectivity index (χ1) is 20.4. The SMILES string of the molecule is COc1cc(C(Cc2ccc(-c3noc(C)n3)cc2)c2nn(-c3ncccc3[N+](=O)[O-])c(=O)[nH]2)cc2c1OCCCO2. The minimum absolute atomic E-state index is 0.190. The fourth-order valence-corrected chi connectivity index (χ4v) is 4.76. The van der Waals surface area contributed by atoms with Crippen molar-refractivity contribution in [2.45, 2.75) is 25.7 Å². The number of nitro groups is 1. The zero-order chi connectivity index (χ0) is 29.2. The summed E-state index contributed by atoms with van der Waals surface area (Å²) in [6, 6.07) is 13.9. The predicted molar refractivity (Wildman–Crippen MR) is 147 cm³/mol. The van der Waals surface area contributed by atoms with Gasteiger partial charge in [-0.1, -0.05) is 29.4 Å². The first-order valence-electron chi connectivity index (χ1n) is 13.1. The van der Waals surface area contributed by atoms with E-state index in [9.17, 15) is 14.9 Å². The second-order valence-corrected chi connectivity index (χ2v) is 9.52. The molecule has 1 atom stereocenters. The number of aromatic amines is 1. The minimum atomic E-state index is -0.666. The number of benzene rings is 2. The zero-order valence-electron chi connectivity index (χ0n) is 22.6. The number of aromatic nitrogens is 6. The van der Waals surface area contributed by atoms with Gasteiger partial charge in [-0.15, -0.1) is 5.10 Å². The Balaban J connectivity index is 1.44. The van der Waals surface area contributed by atoms with Crippen LogP contribution in [0.2, 0.25) is 0 Å². The average Bonchev–Trinajstić information content (AvgIpc) is 3.52. The smallest absolute Gasteiger partial charge is 0.349 e. The lowest BCUT2D eigenvalue weighted by Gasteiger charge is -2.19. The van der Waals surface area contributed by atoms with Gasteiger partial charge in [0.05, 0.1) is 25.2 Å². The van der Waals surface area contributed by atoms with Crippen LogP contribution in [0.1, 0.15) is 35.2 Å². The molecule has 1 aliphatic heterocycles. The van der Waals surface area contributed by atoms with Crippen LogP contribution in [0.3, 0.4) is 0 Å². The summed E-state index contributed by atoms with van der Waals surface area (Å²) in [6.45, 7) is 2.67. The van der Waals surface area contributed by atoms with Crippen LogP contribution in [0, 0.1) is 17.0 Å². The van der Waals surface area contributed by atoms with Crippen molar-refractivity contribution in [1.82, 2.24) is 29.9 Å². The fourth-order valence-electron chi connectivity index (χ4n) is 4.76. The number of nitrogens with one attached hydrogen (secondary N) is 1. The number of rotatable bonds is 8. The molecule has 3 aromatic heterocycles. The van der Waals surface area contributed by atoms with E-state index in [4.69, 9.17) is 18.7 Å². The maximum atomic E-state index is 13.1. The normalized spacial score (nSPS) is 13.4.